The molecule has 0 saturated heterocycles. The number of hydrogen-bond donors (Lipinski definition) is 4. The molecule has 0 fully saturated rings. The Morgan fingerprint density at radius 3 is 2.47 bits per heavy atom. The van der Waals surface area contributed by atoms with E-state index in [9.17, 15) is 24.6 Å². The molecule has 2 unspecified atom stereocenters. The van der Waals surface area contributed by atoms with Gasteiger partial charge in [-0.2, -0.15) is 0 Å². The Morgan fingerprint density at radius 2 is 1.82 bits per heavy atom. The van der Waals surface area contributed by atoms with Gasteiger partial charge in [-0.25, -0.2) is 0 Å². The molecule has 0 bridgehead atoms. The van der Waals surface area contributed by atoms with Crippen molar-refractivity contribution < 1.29 is 29.0 Å². The Bertz CT molecular complexity index is 1240. The minimum Gasteiger partial charge on any atom is -0.504 e. The van der Waals surface area contributed by atoms with Gasteiger partial charge in [0, 0.05) is 18.9 Å². The molecule has 9 heteroatoms. The molecule has 0 radical (unpaired) electrons. The molecule has 0 aliphatic heterocycles. The molecule has 2 atom stereocenters. The third-order valence-electron chi connectivity index (χ3n) is 5.35. The minimum absolute atomic E-state index is 0.119. The molecule has 2 aromatic carbocycles. The van der Waals surface area contributed by atoms with Crippen molar-refractivity contribution in [3.05, 3.63) is 87.5 Å². The summed E-state index contributed by atoms with van der Waals surface area (Å²) in [5, 5.41) is 23.0. The van der Waals surface area contributed by atoms with Crippen LogP contribution in [0.15, 0.2) is 63.8 Å². The largest absolute Gasteiger partial charge is 0.504 e. The number of phenols is 1. The van der Waals surface area contributed by atoms with Crippen molar-refractivity contribution in [3.8, 4) is 17.2 Å². The number of ether oxygens (including phenoxy) is 1. The molecule has 1 heterocycles. The highest BCUT2D eigenvalue weighted by Gasteiger charge is 2.28. The zero-order chi connectivity index (χ0) is 24.8. The Kier molecular flexibility index (Phi) is 7.57. The van der Waals surface area contributed by atoms with Crippen molar-refractivity contribution in [1.29, 1.82) is 0 Å². The summed E-state index contributed by atoms with van der Waals surface area (Å²) in [6.07, 6.45) is -0.0865. The molecule has 3 aromatic rings. The normalized spacial score (nSPS) is 12.5. The molecule has 0 saturated carbocycles. The quantitative estimate of drug-likeness (QED) is 0.377. The van der Waals surface area contributed by atoms with E-state index in [0.29, 0.717) is 5.56 Å². The van der Waals surface area contributed by atoms with E-state index >= 15 is 0 Å². The predicted octanol–water partition coefficient (Wildman–Crippen LogP) is 2.10. The van der Waals surface area contributed by atoms with Crippen molar-refractivity contribution in [2.75, 3.05) is 7.11 Å². The number of amides is 2. The van der Waals surface area contributed by atoms with Gasteiger partial charge < -0.3 is 30.4 Å². The highest BCUT2D eigenvalue weighted by Crippen LogP contribution is 2.37. The summed E-state index contributed by atoms with van der Waals surface area (Å²) in [6, 6.07) is 13.6. The molecule has 9 nitrogen and oxygen atoms in total. The average Bonchev–Trinajstić information content (AvgIpc) is 2.80. The number of aromatic hydroxyl groups is 2. The fourth-order valence-corrected chi connectivity index (χ4v) is 3.65. The van der Waals surface area contributed by atoms with E-state index in [2.05, 4.69) is 5.32 Å². The number of phenolic OH excluding ortho intramolecular Hbond substituents is 1. The maximum Gasteiger partial charge on any atom is 0.240 e. The third-order valence-corrected chi connectivity index (χ3v) is 5.35. The van der Waals surface area contributed by atoms with Gasteiger partial charge in [-0.05, 0) is 30.2 Å². The summed E-state index contributed by atoms with van der Waals surface area (Å²) < 4.78 is 10.8. The zero-order valence-corrected chi connectivity index (χ0v) is 18.8. The lowest BCUT2D eigenvalue weighted by atomic mass is 9.91. The van der Waals surface area contributed by atoms with E-state index in [-0.39, 0.29) is 35.9 Å². The summed E-state index contributed by atoms with van der Waals surface area (Å²) in [5.74, 6) is -2.68. The zero-order valence-electron chi connectivity index (χ0n) is 18.8. The fourth-order valence-electron chi connectivity index (χ4n) is 3.65. The number of primary amides is 1. The summed E-state index contributed by atoms with van der Waals surface area (Å²) in [4.78, 5) is 37.2. The highest BCUT2D eigenvalue weighted by atomic mass is 16.5. The number of carbonyl (C=O) groups excluding carboxylic acids is 2. The first-order valence-corrected chi connectivity index (χ1v) is 10.5. The SMILES string of the molecule is COc1cc(C(CC(=O)NC(Cc2ccccc2)C(N)=O)c2oc(C)cc(=O)c2O)ccc1O. The lowest BCUT2D eigenvalue weighted by Crippen LogP contribution is -2.46. The molecule has 178 valence electrons. The first kappa shape index (κ1) is 24.4. The Balaban J connectivity index is 1.94. The second-order valence-electron chi connectivity index (χ2n) is 7.83. The number of benzene rings is 2. The van der Waals surface area contributed by atoms with Gasteiger partial charge in [0.2, 0.25) is 23.0 Å². The van der Waals surface area contributed by atoms with E-state index < -0.39 is 35.0 Å². The van der Waals surface area contributed by atoms with Crippen LogP contribution in [0.2, 0.25) is 0 Å². The van der Waals surface area contributed by atoms with Crippen LogP contribution in [0.25, 0.3) is 0 Å². The van der Waals surface area contributed by atoms with Crippen LogP contribution < -0.4 is 21.2 Å². The number of methoxy groups -OCH3 is 1. The van der Waals surface area contributed by atoms with Gasteiger partial charge in [-0.1, -0.05) is 36.4 Å². The van der Waals surface area contributed by atoms with Crippen LogP contribution in [-0.2, 0) is 16.0 Å². The molecule has 0 aliphatic rings. The Hall–Kier alpha value is -4.27. The maximum absolute atomic E-state index is 13.0. The van der Waals surface area contributed by atoms with E-state index in [1.54, 1.807) is 6.92 Å². The van der Waals surface area contributed by atoms with Crippen molar-refractivity contribution >= 4 is 11.8 Å². The van der Waals surface area contributed by atoms with E-state index in [4.69, 9.17) is 14.9 Å². The minimum atomic E-state index is -0.969. The molecule has 1 aromatic heterocycles. The molecular weight excluding hydrogens is 440 g/mol. The summed E-state index contributed by atoms with van der Waals surface area (Å²) in [6.45, 7) is 1.54. The Labute approximate surface area is 195 Å². The monoisotopic (exact) mass is 466 g/mol. The predicted molar refractivity (Wildman–Crippen MR) is 124 cm³/mol. The van der Waals surface area contributed by atoms with Crippen molar-refractivity contribution in [3.63, 3.8) is 0 Å². The van der Waals surface area contributed by atoms with Crippen LogP contribution in [0, 0.1) is 6.92 Å². The van der Waals surface area contributed by atoms with Crippen LogP contribution in [0.3, 0.4) is 0 Å². The van der Waals surface area contributed by atoms with Crippen LogP contribution in [0.1, 0.15) is 35.0 Å². The standard InChI is InChI=1S/C25H26N2O7/c1-14-10-20(29)23(31)24(34-14)17(16-8-9-19(28)21(12-16)33-2)13-22(30)27-18(25(26)32)11-15-6-4-3-5-7-15/h3-10,12,17-18,28,31H,11,13H2,1-2H3,(H2,26,32)(H,27,30). The summed E-state index contributed by atoms with van der Waals surface area (Å²) in [5.41, 5.74) is 6.10. The average molecular weight is 466 g/mol. The van der Waals surface area contributed by atoms with Crippen LogP contribution in [0.5, 0.6) is 17.2 Å². The third kappa shape index (κ3) is 5.74. The Morgan fingerprint density at radius 1 is 1.12 bits per heavy atom. The number of nitrogens with one attached hydrogen (secondary N) is 1. The molecule has 0 spiro atoms. The smallest absolute Gasteiger partial charge is 0.240 e. The molecule has 5 N–H and O–H groups in total. The number of rotatable bonds is 9. The lowest BCUT2D eigenvalue weighted by Gasteiger charge is -2.21. The van der Waals surface area contributed by atoms with Gasteiger partial charge in [0.1, 0.15) is 11.8 Å². The number of hydrogen-bond acceptors (Lipinski definition) is 7. The highest BCUT2D eigenvalue weighted by molar-refractivity contribution is 5.87. The molecular formula is C25H26N2O7. The van der Waals surface area contributed by atoms with E-state index in [1.807, 2.05) is 30.3 Å². The molecule has 34 heavy (non-hydrogen) atoms. The van der Waals surface area contributed by atoms with Crippen molar-refractivity contribution in [1.82, 2.24) is 5.32 Å². The number of aryl methyl sites for hydroxylation is 1. The first-order valence-electron chi connectivity index (χ1n) is 10.5. The second kappa shape index (κ2) is 10.6. The van der Waals surface area contributed by atoms with Gasteiger partial charge >= 0.3 is 0 Å². The molecule has 3 rings (SSSR count). The number of nitrogens with two attached hydrogens (primary N) is 1. The van der Waals surface area contributed by atoms with E-state index in [0.717, 1.165) is 11.6 Å². The first-order chi connectivity index (χ1) is 16.2. The van der Waals surface area contributed by atoms with Crippen LogP contribution >= 0.6 is 0 Å². The van der Waals surface area contributed by atoms with Crippen molar-refractivity contribution in [2.45, 2.75) is 31.7 Å². The van der Waals surface area contributed by atoms with Gasteiger partial charge in [0.15, 0.2) is 17.3 Å². The van der Waals surface area contributed by atoms with Crippen LogP contribution in [-0.4, -0.2) is 35.2 Å². The summed E-state index contributed by atoms with van der Waals surface area (Å²) >= 11 is 0. The van der Waals surface area contributed by atoms with E-state index in [1.165, 1.54) is 25.3 Å². The number of carbonyl (C=O) groups is 2. The topological polar surface area (TPSA) is 152 Å². The van der Waals surface area contributed by atoms with Gasteiger partial charge in [0.05, 0.1) is 13.0 Å². The lowest BCUT2D eigenvalue weighted by molar-refractivity contribution is -0.127. The second-order valence-corrected chi connectivity index (χ2v) is 7.83. The van der Waals surface area contributed by atoms with Crippen LogP contribution in [0.4, 0.5) is 0 Å². The van der Waals surface area contributed by atoms with Gasteiger partial charge in [-0.3, -0.25) is 14.4 Å². The van der Waals surface area contributed by atoms with Gasteiger partial charge in [0.25, 0.3) is 0 Å². The molecule has 0 aliphatic carbocycles. The molecule has 2 amide bonds. The van der Waals surface area contributed by atoms with Gasteiger partial charge in [-0.15, -0.1) is 0 Å². The summed E-state index contributed by atoms with van der Waals surface area (Å²) in [7, 11) is 1.37. The fraction of sp³-hybridized carbons (Fsp3) is 0.240. The van der Waals surface area contributed by atoms with Crippen molar-refractivity contribution in [2.24, 2.45) is 5.73 Å². The maximum atomic E-state index is 13.0.